The zero-order valence-corrected chi connectivity index (χ0v) is 11.1. The van der Waals surface area contributed by atoms with Crippen LogP contribution in [0.5, 0.6) is 0 Å². The van der Waals surface area contributed by atoms with Gasteiger partial charge in [0.2, 0.25) is 0 Å². The molecule has 0 spiro atoms. The topological polar surface area (TPSA) is 41.6 Å². The van der Waals surface area contributed by atoms with Gasteiger partial charge in [-0.15, -0.1) is 0 Å². The first-order valence-electron chi connectivity index (χ1n) is 5.04. The van der Waals surface area contributed by atoms with Crippen LogP contribution in [0.4, 0.5) is 0 Å². The number of hydrogen-bond acceptors (Lipinski definition) is 3. The maximum absolute atomic E-state index is 4.23. The first-order chi connectivity index (χ1) is 8.33. The van der Waals surface area contributed by atoms with E-state index in [4.69, 9.17) is 0 Å². The summed E-state index contributed by atoms with van der Waals surface area (Å²) >= 11 is 5.02. The molecule has 3 rings (SSSR count). The van der Waals surface area contributed by atoms with Crippen LogP contribution in [0.3, 0.4) is 0 Å². The molecule has 0 aliphatic rings. The molecule has 0 aliphatic carbocycles. The summed E-state index contributed by atoms with van der Waals surface area (Å²) < 4.78 is 0.906. The van der Waals surface area contributed by atoms with E-state index in [1.54, 1.807) is 24.3 Å². The summed E-state index contributed by atoms with van der Waals surface area (Å²) in [4.78, 5) is 11.5. The molecule has 0 bridgehead atoms. The highest BCUT2D eigenvalue weighted by molar-refractivity contribution is 9.10. The highest BCUT2D eigenvalue weighted by atomic mass is 79.9. The van der Waals surface area contributed by atoms with Crippen LogP contribution < -0.4 is 0 Å². The molecule has 0 fully saturated rings. The highest BCUT2D eigenvalue weighted by Gasteiger charge is 2.06. The Kier molecular flexibility index (Phi) is 2.86. The van der Waals surface area contributed by atoms with Crippen LogP contribution in [-0.4, -0.2) is 15.0 Å². The average molecular weight is 306 g/mol. The van der Waals surface area contributed by atoms with E-state index in [-0.39, 0.29) is 0 Å². The summed E-state index contributed by atoms with van der Waals surface area (Å²) in [5, 5.41) is 3.19. The molecule has 0 saturated carbocycles. The Morgan fingerprint density at radius 3 is 2.94 bits per heavy atom. The second-order valence-corrected chi connectivity index (χ2v) is 5.38. The van der Waals surface area contributed by atoms with E-state index in [1.165, 1.54) is 5.39 Å². The SMILES string of the molecule is Brc1cncnc1Sc1cc2ccccc2[nH]1. The summed E-state index contributed by atoms with van der Waals surface area (Å²) in [6.45, 7) is 0. The number of aromatic nitrogens is 3. The molecule has 84 valence electrons. The molecule has 0 radical (unpaired) electrons. The van der Waals surface area contributed by atoms with Crippen LogP contribution in [-0.2, 0) is 0 Å². The number of halogens is 1. The van der Waals surface area contributed by atoms with Crippen LogP contribution >= 0.6 is 27.7 Å². The number of hydrogen-bond donors (Lipinski definition) is 1. The van der Waals surface area contributed by atoms with Gasteiger partial charge in [-0.3, -0.25) is 0 Å². The molecule has 0 saturated heterocycles. The van der Waals surface area contributed by atoms with Crippen molar-refractivity contribution >= 4 is 38.6 Å². The van der Waals surface area contributed by atoms with Crippen molar-refractivity contribution in [1.29, 1.82) is 0 Å². The van der Waals surface area contributed by atoms with E-state index in [9.17, 15) is 0 Å². The maximum atomic E-state index is 4.23. The Labute approximate surface area is 111 Å². The fourth-order valence-electron chi connectivity index (χ4n) is 1.58. The predicted octanol–water partition coefficient (Wildman–Crippen LogP) is 3.87. The van der Waals surface area contributed by atoms with E-state index >= 15 is 0 Å². The summed E-state index contributed by atoms with van der Waals surface area (Å²) in [5.41, 5.74) is 1.14. The molecule has 0 unspecified atom stereocenters. The Morgan fingerprint density at radius 2 is 2.12 bits per heavy atom. The summed E-state index contributed by atoms with van der Waals surface area (Å²) in [5.74, 6) is 0. The minimum absolute atomic E-state index is 0.906. The lowest BCUT2D eigenvalue weighted by Crippen LogP contribution is -1.83. The number of fused-ring (bicyclic) bond motifs is 1. The number of para-hydroxylation sites is 1. The van der Waals surface area contributed by atoms with Crippen molar-refractivity contribution < 1.29 is 0 Å². The molecule has 0 aliphatic heterocycles. The first kappa shape index (κ1) is 10.8. The van der Waals surface area contributed by atoms with Crippen molar-refractivity contribution in [3.05, 3.63) is 47.3 Å². The molecule has 3 aromatic rings. The van der Waals surface area contributed by atoms with Crippen molar-refractivity contribution in [3.8, 4) is 0 Å². The minimum Gasteiger partial charge on any atom is -0.349 e. The van der Waals surface area contributed by atoms with E-state index in [0.717, 1.165) is 20.0 Å². The zero-order chi connectivity index (χ0) is 11.7. The van der Waals surface area contributed by atoms with Gasteiger partial charge in [0.25, 0.3) is 0 Å². The molecule has 1 aromatic carbocycles. The first-order valence-corrected chi connectivity index (χ1v) is 6.65. The van der Waals surface area contributed by atoms with E-state index in [1.807, 2.05) is 12.1 Å². The van der Waals surface area contributed by atoms with E-state index < -0.39 is 0 Å². The normalized spacial score (nSPS) is 10.9. The third-order valence-electron chi connectivity index (χ3n) is 2.35. The molecule has 0 amide bonds. The molecule has 5 heteroatoms. The van der Waals surface area contributed by atoms with Gasteiger partial charge in [-0.05, 0) is 28.1 Å². The quantitative estimate of drug-likeness (QED) is 0.731. The Bertz CT molecular complexity index is 632. The van der Waals surface area contributed by atoms with Gasteiger partial charge in [0, 0.05) is 17.1 Å². The van der Waals surface area contributed by atoms with Crippen molar-refractivity contribution in [1.82, 2.24) is 15.0 Å². The van der Waals surface area contributed by atoms with Crippen LogP contribution in [0.15, 0.2) is 57.4 Å². The third kappa shape index (κ3) is 2.21. The molecule has 0 atom stereocenters. The summed E-state index contributed by atoms with van der Waals surface area (Å²) in [6, 6.07) is 10.3. The van der Waals surface area contributed by atoms with Crippen LogP contribution in [0.2, 0.25) is 0 Å². The lowest BCUT2D eigenvalue weighted by atomic mass is 10.3. The van der Waals surface area contributed by atoms with Crippen molar-refractivity contribution in [2.45, 2.75) is 10.1 Å². The van der Waals surface area contributed by atoms with Gasteiger partial charge in [0.15, 0.2) is 0 Å². The Morgan fingerprint density at radius 1 is 1.24 bits per heavy atom. The minimum atomic E-state index is 0.906. The summed E-state index contributed by atoms with van der Waals surface area (Å²) in [6.07, 6.45) is 3.30. The van der Waals surface area contributed by atoms with Gasteiger partial charge in [0.05, 0.1) is 9.50 Å². The standard InChI is InChI=1S/C12H8BrN3S/c13-9-6-14-7-15-12(9)17-11-5-8-3-1-2-4-10(8)16-11/h1-7,16H. The third-order valence-corrected chi connectivity index (χ3v) is 4.15. The van der Waals surface area contributed by atoms with Crippen molar-refractivity contribution in [2.24, 2.45) is 0 Å². The van der Waals surface area contributed by atoms with Crippen LogP contribution in [0, 0.1) is 0 Å². The van der Waals surface area contributed by atoms with Gasteiger partial charge < -0.3 is 4.98 Å². The number of nitrogens with one attached hydrogen (secondary N) is 1. The van der Waals surface area contributed by atoms with Crippen molar-refractivity contribution in [3.63, 3.8) is 0 Å². The number of rotatable bonds is 2. The average Bonchev–Trinajstić information content (AvgIpc) is 2.74. The maximum Gasteiger partial charge on any atom is 0.120 e. The number of H-pyrrole nitrogens is 1. The van der Waals surface area contributed by atoms with Gasteiger partial charge in [-0.1, -0.05) is 30.0 Å². The van der Waals surface area contributed by atoms with Crippen LogP contribution in [0.25, 0.3) is 10.9 Å². The number of nitrogens with zero attached hydrogens (tertiary/aromatic N) is 2. The second-order valence-electron chi connectivity index (χ2n) is 3.50. The lowest BCUT2D eigenvalue weighted by molar-refractivity contribution is 1.02. The van der Waals surface area contributed by atoms with Gasteiger partial charge in [0.1, 0.15) is 11.4 Å². The monoisotopic (exact) mass is 305 g/mol. The second kappa shape index (κ2) is 4.50. The molecular weight excluding hydrogens is 298 g/mol. The molecule has 3 nitrogen and oxygen atoms in total. The molecular formula is C12H8BrN3S. The fraction of sp³-hybridized carbons (Fsp3) is 0. The summed E-state index contributed by atoms with van der Waals surface area (Å²) in [7, 11) is 0. The Hall–Kier alpha value is -1.33. The van der Waals surface area contributed by atoms with Crippen LogP contribution in [0.1, 0.15) is 0 Å². The number of aromatic amines is 1. The predicted molar refractivity (Wildman–Crippen MR) is 72.2 cm³/mol. The molecule has 1 N–H and O–H groups in total. The largest absolute Gasteiger partial charge is 0.349 e. The van der Waals surface area contributed by atoms with Gasteiger partial charge in [-0.2, -0.15) is 0 Å². The molecule has 2 heterocycles. The van der Waals surface area contributed by atoms with Crippen molar-refractivity contribution in [2.75, 3.05) is 0 Å². The lowest BCUT2D eigenvalue weighted by Gasteiger charge is -1.98. The van der Waals surface area contributed by atoms with E-state index in [0.29, 0.717) is 0 Å². The van der Waals surface area contributed by atoms with Gasteiger partial charge >= 0.3 is 0 Å². The smallest absolute Gasteiger partial charge is 0.120 e. The molecule has 17 heavy (non-hydrogen) atoms. The molecule has 2 aromatic heterocycles. The van der Waals surface area contributed by atoms with Gasteiger partial charge in [-0.25, -0.2) is 9.97 Å². The number of benzene rings is 1. The Balaban J connectivity index is 1.98. The highest BCUT2D eigenvalue weighted by Crippen LogP contribution is 2.32. The fourth-order valence-corrected chi connectivity index (χ4v) is 2.85. The zero-order valence-electron chi connectivity index (χ0n) is 8.72. The van der Waals surface area contributed by atoms with E-state index in [2.05, 4.69) is 49.1 Å².